The summed E-state index contributed by atoms with van der Waals surface area (Å²) in [5, 5.41) is 8.32. The van der Waals surface area contributed by atoms with Gasteiger partial charge in [0.05, 0.1) is 16.6 Å². The molecule has 0 unspecified atom stereocenters. The molecule has 1 aromatic carbocycles. The van der Waals surface area contributed by atoms with Gasteiger partial charge in [0.1, 0.15) is 17.0 Å². The molecule has 194 valence electrons. The molecule has 0 radical (unpaired) electrons. The molecule has 5 aromatic heterocycles. The Labute approximate surface area is 224 Å². The van der Waals surface area contributed by atoms with Crippen LogP contribution in [-0.4, -0.2) is 59.7 Å². The average Bonchev–Trinajstić information content (AvgIpc) is 3.72. The fourth-order valence-electron chi connectivity index (χ4n) is 5.49. The Morgan fingerprint density at radius 1 is 0.897 bits per heavy atom. The Hall–Kier alpha value is -4.50. The van der Waals surface area contributed by atoms with E-state index in [-0.39, 0.29) is 5.82 Å². The van der Waals surface area contributed by atoms with Crippen LogP contribution in [0.15, 0.2) is 67.3 Å². The van der Waals surface area contributed by atoms with Gasteiger partial charge in [-0.3, -0.25) is 15.1 Å². The molecule has 0 aliphatic carbocycles. The number of aromatic nitrogens is 7. The lowest BCUT2D eigenvalue weighted by molar-refractivity contribution is 0.334. The van der Waals surface area contributed by atoms with Gasteiger partial charge in [0.25, 0.3) is 0 Å². The molecular weight excluding hydrogens is 491 g/mol. The van der Waals surface area contributed by atoms with Crippen molar-refractivity contribution >= 4 is 22.1 Å². The van der Waals surface area contributed by atoms with E-state index in [1.54, 1.807) is 30.9 Å². The van der Waals surface area contributed by atoms with E-state index < -0.39 is 0 Å². The van der Waals surface area contributed by atoms with Crippen LogP contribution >= 0.6 is 0 Å². The molecule has 1 saturated heterocycles. The molecule has 6 heterocycles. The molecule has 0 bridgehead atoms. The largest absolute Gasteiger partial charge is 0.337 e. The zero-order valence-corrected chi connectivity index (χ0v) is 21.4. The first-order chi connectivity index (χ1) is 19.2. The van der Waals surface area contributed by atoms with E-state index in [1.165, 1.54) is 32.0 Å². The van der Waals surface area contributed by atoms with Gasteiger partial charge in [-0.05, 0) is 98.9 Å². The Kier molecular flexibility index (Phi) is 6.05. The second-order valence-electron chi connectivity index (χ2n) is 10.1. The highest BCUT2D eigenvalue weighted by Gasteiger charge is 2.18. The first-order valence-electron chi connectivity index (χ1n) is 13.3. The third-order valence-corrected chi connectivity index (χ3v) is 7.43. The molecule has 9 heteroatoms. The number of aryl methyl sites for hydroxylation is 1. The molecule has 39 heavy (non-hydrogen) atoms. The Balaban J connectivity index is 1.23. The van der Waals surface area contributed by atoms with Gasteiger partial charge in [0.2, 0.25) is 0 Å². The number of likely N-dealkylation sites (tertiary alicyclic amines) is 1. The van der Waals surface area contributed by atoms with E-state index in [0.717, 1.165) is 58.2 Å². The fraction of sp³-hybridized carbons (Fsp3) is 0.233. The summed E-state index contributed by atoms with van der Waals surface area (Å²) in [7, 11) is 0. The van der Waals surface area contributed by atoms with Gasteiger partial charge in [-0.1, -0.05) is 0 Å². The van der Waals surface area contributed by atoms with Crippen molar-refractivity contribution in [2.75, 3.05) is 19.6 Å². The van der Waals surface area contributed by atoms with Gasteiger partial charge in [-0.2, -0.15) is 5.10 Å². The van der Waals surface area contributed by atoms with Crippen molar-refractivity contribution in [3.8, 4) is 33.9 Å². The standard InChI is InChI=1S/C30H27FN8/c31-23-15-19(4-3-13-39-11-1-2-12-39)14-21(16-23)26-28-25(7-10-33-26)35-30(36-28)27-24-17-22(18-34-29(24)38-37-27)20-5-8-32-9-6-20/h5-10,14-18H,1-4,11-13H2,(H,35,36)(H,34,37,38). The number of halogens is 1. The minimum absolute atomic E-state index is 0.257. The molecular formula is C30H27FN8. The van der Waals surface area contributed by atoms with Gasteiger partial charge in [-0.25, -0.2) is 14.4 Å². The maximum Gasteiger partial charge on any atom is 0.181 e. The highest BCUT2D eigenvalue weighted by molar-refractivity contribution is 5.96. The van der Waals surface area contributed by atoms with Crippen molar-refractivity contribution in [3.05, 3.63) is 78.6 Å². The van der Waals surface area contributed by atoms with E-state index in [1.807, 2.05) is 30.3 Å². The number of imidazole rings is 1. The van der Waals surface area contributed by atoms with Crippen molar-refractivity contribution in [2.45, 2.75) is 25.7 Å². The molecule has 8 nitrogen and oxygen atoms in total. The summed E-state index contributed by atoms with van der Waals surface area (Å²) in [6, 6.07) is 13.0. The number of hydrogen-bond acceptors (Lipinski definition) is 6. The maximum atomic E-state index is 14.7. The first kappa shape index (κ1) is 23.6. The smallest absolute Gasteiger partial charge is 0.181 e. The van der Waals surface area contributed by atoms with Crippen LogP contribution in [0.2, 0.25) is 0 Å². The van der Waals surface area contributed by atoms with E-state index in [2.05, 4.69) is 35.0 Å². The number of H-pyrrole nitrogens is 2. The van der Waals surface area contributed by atoms with E-state index in [0.29, 0.717) is 22.7 Å². The summed E-state index contributed by atoms with van der Waals surface area (Å²) in [5.41, 5.74) is 7.17. The van der Waals surface area contributed by atoms with Gasteiger partial charge in [0.15, 0.2) is 11.5 Å². The van der Waals surface area contributed by atoms with Crippen LogP contribution in [0.4, 0.5) is 4.39 Å². The number of hydrogen-bond donors (Lipinski definition) is 2. The number of nitrogens with zero attached hydrogens (tertiary/aromatic N) is 6. The SMILES string of the molecule is Fc1cc(CCCN2CCCC2)cc(-c2nccc3[nH]c(-c4[nH]nc5ncc(-c6ccncc6)cc45)nc23)c1. The Bertz CT molecular complexity index is 1770. The molecule has 0 spiro atoms. The summed E-state index contributed by atoms with van der Waals surface area (Å²) in [4.78, 5) is 24.0. The lowest BCUT2D eigenvalue weighted by Crippen LogP contribution is -2.20. The number of aromatic amines is 2. The lowest BCUT2D eigenvalue weighted by atomic mass is 10.0. The quantitative estimate of drug-likeness (QED) is 0.277. The molecule has 2 N–H and O–H groups in total. The number of rotatable bonds is 7. The Morgan fingerprint density at radius 3 is 2.64 bits per heavy atom. The molecule has 0 saturated carbocycles. The minimum Gasteiger partial charge on any atom is -0.337 e. The first-order valence-corrected chi connectivity index (χ1v) is 13.3. The van der Waals surface area contributed by atoms with E-state index >= 15 is 0 Å². The molecule has 1 fully saturated rings. The topological polar surface area (TPSA) is 99.3 Å². The summed E-state index contributed by atoms with van der Waals surface area (Å²) < 4.78 is 14.7. The van der Waals surface area contributed by atoms with Gasteiger partial charge in [-0.15, -0.1) is 0 Å². The van der Waals surface area contributed by atoms with Gasteiger partial charge < -0.3 is 9.88 Å². The van der Waals surface area contributed by atoms with Crippen LogP contribution in [0.1, 0.15) is 24.8 Å². The summed E-state index contributed by atoms with van der Waals surface area (Å²) >= 11 is 0. The maximum absolute atomic E-state index is 14.7. The second-order valence-corrected chi connectivity index (χ2v) is 10.1. The van der Waals surface area contributed by atoms with Gasteiger partial charge in [0, 0.05) is 35.9 Å². The molecule has 7 rings (SSSR count). The average molecular weight is 519 g/mol. The third kappa shape index (κ3) is 4.66. The normalized spacial score (nSPS) is 14.1. The minimum atomic E-state index is -0.257. The predicted octanol–water partition coefficient (Wildman–Crippen LogP) is 5.79. The monoisotopic (exact) mass is 518 g/mol. The molecule has 6 aromatic rings. The second kappa shape index (κ2) is 9.99. The summed E-state index contributed by atoms with van der Waals surface area (Å²) in [6.45, 7) is 3.40. The highest BCUT2D eigenvalue weighted by Crippen LogP contribution is 2.32. The van der Waals surface area contributed by atoms with Crippen molar-refractivity contribution < 1.29 is 4.39 Å². The molecule has 1 aliphatic heterocycles. The van der Waals surface area contributed by atoms with Crippen LogP contribution in [0, 0.1) is 5.82 Å². The van der Waals surface area contributed by atoms with Crippen LogP contribution in [0.5, 0.6) is 0 Å². The molecule has 0 atom stereocenters. The van der Waals surface area contributed by atoms with Crippen molar-refractivity contribution in [1.82, 2.24) is 40.0 Å². The fourth-order valence-corrected chi connectivity index (χ4v) is 5.49. The van der Waals surface area contributed by atoms with Crippen LogP contribution in [0.3, 0.4) is 0 Å². The van der Waals surface area contributed by atoms with Crippen LogP contribution in [-0.2, 0) is 6.42 Å². The van der Waals surface area contributed by atoms with Gasteiger partial charge >= 0.3 is 0 Å². The highest BCUT2D eigenvalue weighted by atomic mass is 19.1. The van der Waals surface area contributed by atoms with E-state index in [9.17, 15) is 4.39 Å². The lowest BCUT2D eigenvalue weighted by Gasteiger charge is -2.14. The van der Waals surface area contributed by atoms with E-state index in [4.69, 9.17) is 4.98 Å². The summed E-state index contributed by atoms with van der Waals surface area (Å²) in [6.07, 6.45) is 11.4. The molecule has 0 amide bonds. The zero-order valence-electron chi connectivity index (χ0n) is 21.4. The van der Waals surface area contributed by atoms with Crippen LogP contribution < -0.4 is 0 Å². The number of fused-ring (bicyclic) bond motifs is 2. The van der Waals surface area contributed by atoms with Crippen molar-refractivity contribution in [1.29, 1.82) is 0 Å². The van der Waals surface area contributed by atoms with Crippen molar-refractivity contribution in [2.24, 2.45) is 0 Å². The third-order valence-electron chi connectivity index (χ3n) is 7.43. The van der Waals surface area contributed by atoms with Crippen LogP contribution in [0.25, 0.3) is 56.0 Å². The van der Waals surface area contributed by atoms with Crippen molar-refractivity contribution in [3.63, 3.8) is 0 Å². The zero-order chi connectivity index (χ0) is 26.2. The predicted molar refractivity (Wildman–Crippen MR) is 149 cm³/mol. The number of benzene rings is 1. The number of nitrogens with one attached hydrogen (secondary N) is 2. The number of pyridine rings is 3. The summed E-state index contributed by atoms with van der Waals surface area (Å²) in [5.74, 6) is 0.366. The molecule has 1 aliphatic rings. The Morgan fingerprint density at radius 2 is 1.77 bits per heavy atom.